The van der Waals surface area contributed by atoms with Gasteiger partial charge in [-0.15, -0.1) is 0 Å². The number of rotatable bonds is 4. The minimum Gasteiger partial charge on any atom is -0.310 e. The molecular weight excluding hydrogens is 352 g/mol. The monoisotopic (exact) mass is 366 g/mol. The number of carbonyl (C=O) groups excluding carboxylic acids is 1. The van der Waals surface area contributed by atoms with Gasteiger partial charge in [0.2, 0.25) is 5.95 Å². The number of anilines is 1. The Morgan fingerprint density at radius 1 is 1.19 bits per heavy atom. The van der Waals surface area contributed by atoms with Crippen LogP contribution in [-0.4, -0.2) is 20.4 Å². The first-order valence-electron chi connectivity index (χ1n) is 7.81. The first kappa shape index (κ1) is 17.8. The molecule has 0 atom stereocenters. The summed E-state index contributed by atoms with van der Waals surface area (Å²) in [4.78, 5) is 19.9. The maximum Gasteiger partial charge on any atom is 0.433 e. The van der Waals surface area contributed by atoms with Gasteiger partial charge in [0.05, 0.1) is 11.0 Å². The fraction of sp³-hybridized carbons (Fsp3) is 0.235. The van der Waals surface area contributed by atoms with E-state index in [0.717, 1.165) is 12.1 Å². The van der Waals surface area contributed by atoms with E-state index in [4.69, 9.17) is 0 Å². The van der Waals surface area contributed by atoms with Crippen LogP contribution in [0, 0.1) is 5.82 Å². The third-order valence-corrected chi connectivity index (χ3v) is 3.65. The normalized spacial score (nSPS) is 11.7. The van der Waals surface area contributed by atoms with Crippen molar-refractivity contribution < 1.29 is 22.4 Å². The van der Waals surface area contributed by atoms with Crippen LogP contribution in [-0.2, 0) is 12.7 Å². The van der Waals surface area contributed by atoms with Crippen LogP contribution < -0.4 is 5.32 Å². The summed E-state index contributed by atoms with van der Waals surface area (Å²) in [5.74, 6) is -1.16. The van der Waals surface area contributed by atoms with E-state index in [9.17, 15) is 22.4 Å². The van der Waals surface area contributed by atoms with Gasteiger partial charge in [0.1, 0.15) is 17.2 Å². The third-order valence-electron chi connectivity index (χ3n) is 3.65. The van der Waals surface area contributed by atoms with Gasteiger partial charge in [-0.3, -0.25) is 10.1 Å². The van der Waals surface area contributed by atoms with Crippen molar-refractivity contribution in [3.63, 3.8) is 0 Å². The van der Waals surface area contributed by atoms with Crippen molar-refractivity contribution in [3.05, 3.63) is 53.6 Å². The quantitative estimate of drug-likeness (QED) is 0.702. The van der Waals surface area contributed by atoms with Gasteiger partial charge >= 0.3 is 6.18 Å². The lowest BCUT2D eigenvalue weighted by Crippen LogP contribution is -2.19. The van der Waals surface area contributed by atoms with E-state index in [-0.39, 0.29) is 11.6 Å². The molecule has 2 aromatic heterocycles. The highest BCUT2D eigenvalue weighted by Gasteiger charge is 2.33. The third kappa shape index (κ3) is 3.51. The summed E-state index contributed by atoms with van der Waals surface area (Å²) in [7, 11) is 0. The van der Waals surface area contributed by atoms with Gasteiger partial charge in [-0.05, 0) is 36.8 Å². The highest BCUT2D eigenvalue weighted by atomic mass is 19.4. The Morgan fingerprint density at radius 2 is 1.96 bits per heavy atom. The van der Waals surface area contributed by atoms with Crippen LogP contribution in [0.2, 0.25) is 0 Å². The van der Waals surface area contributed by atoms with Crippen molar-refractivity contribution in [1.29, 1.82) is 0 Å². The summed E-state index contributed by atoms with van der Waals surface area (Å²) in [6.07, 6.45) is -3.96. The SMILES string of the molecule is CCCn1c(NC(=O)c2cccc(C(F)(F)F)n2)nc2ccc(F)cc21. The number of nitrogens with zero attached hydrogens (tertiary/aromatic N) is 3. The molecule has 0 bridgehead atoms. The van der Waals surface area contributed by atoms with E-state index >= 15 is 0 Å². The lowest BCUT2D eigenvalue weighted by atomic mass is 10.3. The molecule has 0 saturated carbocycles. The van der Waals surface area contributed by atoms with Gasteiger partial charge in [-0.25, -0.2) is 14.4 Å². The van der Waals surface area contributed by atoms with Crippen LogP contribution >= 0.6 is 0 Å². The van der Waals surface area contributed by atoms with E-state index < -0.39 is 23.6 Å². The first-order chi connectivity index (χ1) is 12.3. The molecule has 0 spiro atoms. The van der Waals surface area contributed by atoms with E-state index in [2.05, 4.69) is 15.3 Å². The van der Waals surface area contributed by atoms with Gasteiger partial charge < -0.3 is 4.57 Å². The first-order valence-corrected chi connectivity index (χ1v) is 7.81. The second kappa shape index (κ2) is 6.74. The number of hydrogen-bond acceptors (Lipinski definition) is 3. The van der Waals surface area contributed by atoms with Gasteiger partial charge in [-0.1, -0.05) is 13.0 Å². The second-order valence-corrected chi connectivity index (χ2v) is 5.58. The number of hydrogen-bond donors (Lipinski definition) is 1. The van der Waals surface area contributed by atoms with Crippen LogP contribution in [0.4, 0.5) is 23.5 Å². The number of aromatic nitrogens is 3. The average molecular weight is 366 g/mol. The number of imidazole rings is 1. The second-order valence-electron chi connectivity index (χ2n) is 5.58. The summed E-state index contributed by atoms with van der Waals surface area (Å²) < 4.78 is 53.4. The molecule has 3 aromatic rings. The van der Waals surface area contributed by atoms with E-state index in [1.807, 2.05) is 6.92 Å². The van der Waals surface area contributed by atoms with Crippen LogP contribution in [0.1, 0.15) is 29.5 Å². The molecule has 0 fully saturated rings. The molecule has 0 saturated heterocycles. The lowest BCUT2D eigenvalue weighted by Gasteiger charge is -2.10. The highest BCUT2D eigenvalue weighted by molar-refractivity contribution is 6.02. The van der Waals surface area contributed by atoms with Crippen LogP contribution in [0.15, 0.2) is 36.4 Å². The standard InChI is InChI=1S/C17H14F4N4O/c1-2-8-25-13-9-10(18)6-7-11(13)23-16(25)24-15(26)12-4-3-5-14(22-12)17(19,20)21/h3-7,9H,2,8H2,1H3,(H,23,24,26). The van der Waals surface area contributed by atoms with Crippen molar-refractivity contribution in [2.24, 2.45) is 0 Å². The Hall–Kier alpha value is -2.97. The number of aryl methyl sites for hydroxylation is 1. The number of amides is 1. The number of fused-ring (bicyclic) bond motifs is 1. The Morgan fingerprint density at radius 3 is 2.65 bits per heavy atom. The van der Waals surface area contributed by atoms with Gasteiger partial charge in [0, 0.05) is 6.54 Å². The van der Waals surface area contributed by atoms with Crippen molar-refractivity contribution in [1.82, 2.24) is 14.5 Å². The number of benzene rings is 1. The minimum absolute atomic E-state index is 0.122. The van der Waals surface area contributed by atoms with Gasteiger partial charge in [0.15, 0.2) is 0 Å². The topological polar surface area (TPSA) is 59.8 Å². The molecular formula is C17H14F4N4O. The number of alkyl halides is 3. The summed E-state index contributed by atoms with van der Waals surface area (Å²) >= 11 is 0. The van der Waals surface area contributed by atoms with E-state index in [1.54, 1.807) is 4.57 Å². The minimum atomic E-state index is -4.65. The molecule has 0 radical (unpaired) electrons. The van der Waals surface area contributed by atoms with E-state index in [0.29, 0.717) is 24.0 Å². The molecule has 0 aliphatic rings. The molecule has 1 aromatic carbocycles. The van der Waals surface area contributed by atoms with Crippen LogP contribution in [0.25, 0.3) is 11.0 Å². The van der Waals surface area contributed by atoms with Crippen molar-refractivity contribution in [2.45, 2.75) is 26.1 Å². The van der Waals surface area contributed by atoms with Crippen molar-refractivity contribution in [2.75, 3.05) is 5.32 Å². The molecule has 2 heterocycles. The Kier molecular flexibility index (Phi) is 4.62. The number of carbonyl (C=O) groups is 1. The van der Waals surface area contributed by atoms with Crippen molar-refractivity contribution >= 4 is 22.9 Å². The van der Waals surface area contributed by atoms with Gasteiger partial charge in [-0.2, -0.15) is 13.2 Å². The Labute approximate surface area is 145 Å². The fourth-order valence-electron chi connectivity index (χ4n) is 2.53. The van der Waals surface area contributed by atoms with Crippen LogP contribution in [0.5, 0.6) is 0 Å². The smallest absolute Gasteiger partial charge is 0.310 e. The number of pyridine rings is 1. The molecule has 5 nitrogen and oxygen atoms in total. The molecule has 1 amide bonds. The molecule has 3 rings (SSSR count). The largest absolute Gasteiger partial charge is 0.433 e. The molecule has 0 unspecified atom stereocenters. The summed E-state index contributed by atoms with van der Waals surface area (Å²) in [5, 5.41) is 2.46. The molecule has 0 aliphatic carbocycles. The fourth-order valence-corrected chi connectivity index (χ4v) is 2.53. The zero-order valence-corrected chi connectivity index (χ0v) is 13.6. The highest BCUT2D eigenvalue weighted by Crippen LogP contribution is 2.27. The number of halogens is 4. The summed E-state index contributed by atoms with van der Waals surface area (Å²) in [5.41, 5.74) is -0.596. The Bertz CT molecular complexity index is 965. The molecule has 9 heteroatoms. The molecule has 0 aliphatic heterocycles. The predicted molar refractivity (Wildman–Crippen MR) is 87.2 cm³/mol. The summed E-state index contributed by atoms with van der Waals surface area (Å²) in [6.45, 7) is 2.34. The Balaban J connectivity index is 1.96. The van der Waals surface area contributed by atoms with E-state index in [1.165, 1.54) is 24.3 Å². The molecule has 26 heavy (non-hydrogen) atoms. The predicted octanol–water partition coefficient (Wildman–Crippen LogP) is 4.25. The zero-order chi connectivity index (χ0) is 18.9. The average Bonchev–Trinajstić information content (AvgIpc) is 2.91. The molecule has 136 valence electrons. The van der Waals surface area contributed by atoms with Crippen molar-refractivity contribution in [3.8, 4) is 0 Å². The van der Waals surface area contributed by atoms with Crippen LogP contribution in [0.3, 0.4) is 0 Å². The number of nitrogens with one attached hydrogen (secondary N) is 1. The zero-order valence-electron chi connectivity index (χ0n) is 13.6. The maximum atomic E-state index is 13.5. The maximum absolute atomic E-state index is 13.5. The molecule has 1 N–H and O–H groups in total. The lowest BCUT2D eigenvalue weighted by molar-refractivity contribution is -0.141. The van der Waals surface area contributed by atoms with Gasteiger partial charge in [0.25, 0.3) is 5.91 Å². The summed E-state index contributed by atoms with van der Waals surface area (Å²) in [6, 6.07) is 7.06.